The Morgan fingerprint density at radius 2 is 1.76 bits per heavy atom. The molecule has 0 aromatic heterocycles. The lowest BCUT2D eigenvalue weighted by atomic mass is 10.2. The second kappa shape index (κ2) is 8.09. The highest BCUT2D eigenvalue weighted by Gasteiger charge is 2.29. The number of carbonyl (C=O) groups excluding carboxylic acids is 1. The molecule has 2 aromatic carbocycles. The predicted octanol–water partition coefficient (Wildman–Crippen LogP) is 2.73. The number of amides is 1. The molecule has 1 atom stereocenters. The lowest BCUT2D eigenvalue weighted by Gasteiger charge is -2.36. The summed E-state index contributed by atoms with van der Waals surface area (Å²) in [6.07, 6.45) is 0. The van der Waals surface area contributed by atoms with Crippen molar-refractivity contribution >= 4 is 40.5 Å². The third-order valence-corrected chi connectivity index (χ3v) is 5.18. The second-order valence-corrected chi connectivity index (χ2v) is 7.22. The van der Waals surface area contributed by atoms with Gasteiger partial charge in [0.2, 0.25) is 0 Å². The normalized spacial score (nSPS) is 16.5. The molecule has 25 heavy (non-hydrogen) atoms. The van der Waals surface area contributed by atoms with Crippen LogP contribution in [0.1, 0.15) is 6.92 Å². The van der Waals surface area contributed by atoms with Gasteiger partial charge in [-0.25, -0.2) is 0 Å². The fourth-order valence-electron chi connectivity index (χ4n) is 3.13. The molecular formula is C19H22Cl2N3O+. The van der Waals surface area contributed by atoms with E-state index in [1.54, 1.807) is 12.1 Å². The molecule has 3 rings (SSSR count). The third-order valence-electron chi connectivity index (χ3n) is 4.70. The minimum atomic E-state index is -0.0998. The van der Waals surface area contributed by atoms with Crippen LogP contribution in [0.3, 0.4) is 0 Å². The zero-order valence-corrected chi connectivity index (χ0v) is 15.6. The van der Waals surface area contributed by atoms with Gasteiger partial charge in [0.1, 0.15) is 0 Å². The number of quaternary nitrogens is 1. The van der Waals surface area contributed by atoms with E-state index in [1.165, 1.54) is 4.90 Å². The highest BCUT2D eigenvalue weighted by molar-refractivity contribution is 6.31. The summed E-state index contributed by atoms with van der Waals surface area (Å²) >= 11 is 12.0. The van der Waals surface area contributed by atoms with E-state index in [4.69, 9.17) is 23.2 Å². The van der Waals surface area contributed by atoms with Crippen molar-refractivity contribution in [1.82, 2.24) is 0 Å². The molecule has 4 nitrogen and oxygen atoms in total. The zero-order chi connectivity index (χ0) is 17.8. The van der Waals surface area contributed by atoms with Gasteiger partial charge < -0.3 is 15.1 Å². The smallest absolute Gasteiger partial charge is 0.282 e. The minimum Gasteiger partial charge on any atom is -0.360 e. The van der Waals surface area contributed by atoms with Gasteiger partial charge in [-0.15, -0.1) is 0 Å². The Morgan fingerprint density at radius 3 is 2.40 bits per heavy atom. The zero-order valence-electron chi connectivity index (χ0n) is 14.1. The van der Waals surface area contributed by atoms with Crippen LogP contribution in [-0.2, 0) is 4.79 Å². The number of nitrogens with one attached hydrogen (secondary N) is 2. The average molecular weight is 379 g/mol. The molecule has 132 valence electrons. The molecule has 1 aliphatic rings. The number of anilines is 2. The topological polar surface area (TPSA) is 36.8 Å². The number of hydrogen-bond donors (Lipinski definition) is 2. The lowest BCUT2D eigenvalue weighted by Crippen LogP contribution is -3.19. The van der Waals surface area contributed by atoms with E-state index in [1.807, 2.05) is 37.3 Å². The predicted molar refractivity (Wildman–Crippen MR) is 104 cm³/mol. The van der Waals surface area contributed by atoms with Gasteiger partial charge in [-0.2, -0.15) is 0 Å². The first-order valence-electron chi connectivity index (χ1n) is 8.44. The van der Waals surface area contributed by atoms with Crippen LogP contribution in [0.4, 0.5) is 11.4 Å². The van der Waals surface area contributed by atoms with Crippen LogP contribution in [0.2, 0.25) is 10.0 Å². The number of piperazine rings is 1. The largest absolute Gasteiger partial charge is 0.360 e. The van der Waals surface area contributed by atoms with Crippen molar-refractivity contribution < 1.29 is 9.69 Å². The maximum Gasteiger partial charge on any atom is 0.282 e. The molecule has 2 aromatic rings. The van der Waals surface area contributed by atoms with Crippen molar-refractivity contribution in [1.29, 1.82) is 0 Å². The fourth-order valence-corrected chi connectivity index (χ4v) is 3.44. The van der Waals surface area contributed by atoms with E-state index in [9.17, 15) is 4.79 Å². The summed E-state index contributed by atoms with van der Waals surface area (Å²) in [6.45, 7) is 5.64. The van der Waals surface area contributed by atoms with Crippen LogP contribution in [-0.4, -0.2) is 38.1 Å². The molecule has 2 N–H and O–H groups in total. The number of rotatable bonds is 4. The van der Waals surface area contributed by atoms with E-state index < -0.39 is 0 Å². The molecule has 0 spiro atoms. The summed E-state index contributed by atoms with van der Waals surface area (Å²) < 4.78 is 0. The van der Waals surface area contributed by atoms with Gasteiger partial charge >= 0.3 is 0 Å². The standard InChI is InChI=1S/C19H21Cl2N3O/c1-14(19(25)22-17-7-5-15(20)6-8-17)23-9-11-24(12-10-23)18-4-2-3-16(21)13-18/h2-8,13-14H,9-12H2,1H3,(H,22,25)/p+1/t14-/m1/s1. The van der Waals surface area contributed by atoms with Crippen molar-refractivity contribution in [2.24, 2.45) is 0 Å². The Bertz CT molecular complexity index is 728. The van der Waals surface area contributed by atoms with E-state index in [0.717, 1.165) is 42.6 Å². The van der Waals surface area contributed by atoms with E-state index in [2.05, 4.69) is 16.3 Å². The van der Waals surface area contributed by atoms with Gasteiger partial charge in [-0.05, 0) is 49.4 Å². The summed E-state index contributed by atoms with van der Waals surface area (Å²) in [6, 6.07) is 15.0. The molecule has 1 fully saturated rings. The minimum absolute atomic E-state index is 0.0357. The molecule has 1 heterocycles. The Balaban J connectivity index is 1.54. The first-order chi connectivity index (χ1) is 12.0. The number of carbonyl (C=O) groups is 1. The van der Waals surface area contributed by atoms with Crippen LogP contribution in [0.25, 0.3) is 0 Å². The molecule has 1 aliphatic heterocycles. The van der Waals surface area contributed by atoms with Crippen molar-refractivity contribution in [2.75, 3.05) is 36.4 Å². The first kappa shape index (κ1) is 18.1. The van der Waals surface area contributed by atoms with Crippen LogP contribution in [0.15, 0.2) is 48.5 Å². The monoisotopic (exact) mass is 378 g/mol. The van der Waals surface area contributed by atoms with Crippen LogP contribution >= 0.6 is 23.2 Å². The van der Waals surface area contributed by atoms with Gasteiger partial charge in [0.15, 0.2) is 6.04 Å². The quantitative estimate of drug-likeness (QED) is 0.857. The van der Waals surface area contributed by atoms with Gasteiger partial charge in [0.25, 0.3) is 5.91 Å². The second-order valence-electron chi connectivity index (χ2n) is 6.34. The molecule has 0 bridgehead atoms. The molecule has 1 saturated heterocycles. The van der Waals surface area contributed by atoms with Crippen LogP contribution in [0, 0.1) is 0 Å². The molecule has 1 amide bonds. The highest BCUT2D eigenvalue weighted by atomic mass is 35.5. The summed E-state index contributed by atoms with van der Waals surface area (Å²) in [7, 11) is 0. The maximum atomic E-state index is 12.5. The molecule has 0 radical (unpaired) electrons. The van der Waals surface area contributed by atoms with Gasteiger partial charge in [0.05, 0.1) is 26.2 Å². The Hall–Kier alpha value is -1.75. The number of nitrogens with zero attached hydrogens (tertiary/aromatic N) is 1. The van der Waals surface area contributed by atoms with E-state index in [0.29, 0.717) is 5.02 Å². The summed E-state index contributed by atoms with van der Waals surface area (Å²) in [5.74, 6) is 0.0357. The highest BCUT2D eigenvalue weighted by Crippen LogP contribution is 2.19. The Labute approximate surface area is 158 Å². The molecule has 0 saturated carbocycles. The number of halogens is 2. The van der Waals surface area contributed by atoms with Crippen molar-refractivity contribution in [2.45, 2.75) is 13.0 Å². The number of hydrogen-bond acceptors (Lipinski definition) is 2. The summed E-state index contributed by atoms with van der Waals surface area (Å²) in [4.78, 5) is 16.1. The first-order valence-corrected chi connectivity index (χ1v) is 9.20. The Kier molecular flexibility index (Phi) is 5.84. The van der Waals surface area contributed by atoms with Gasteiger partial charge in [-0.1, -0.05) is 29.3 Å². The molecular weight excluding hydrogens is 357 g/mol. The van der Waals surface area contributed by atoms with Gasteiger partial charge in [0, 0.05) is 21.4 Å². The third kappa shape index (κ3) is 4.66. The molecule has 6 heteroatoms. The molecule has 0 unspecified atom stereocenters. The van der Waals surface area contributed by atoms with Crippen molar-refractivity contribution in [3.05, 3.63) is 58.6 Å². The van der Waals surface area contributed by atoms with Gasteiger partial charge in [-0.3, -0.25) is 4.79 Å². The summed E-state index contributed by atoms with van der Waals surface area (Å²) in [5, 5.41) is 4.38. The fraction of sp³-hybridized carbons (Fsp3) is 0.316. The van der Waals surface area contributed by atoms with Crippen molar-refractivity contribution in [3.8, 4) is 0 Å². The van der Waals surface area contributed by atoms with Crippen LogP contribution < -0.4 is 15.1 Å². The van der Waals surface area contributed by atoms with E-state index in [-0.39, 0.29) is 11.9 Å². The van der Waals surface area contributed by atoms with Crippen LogP contribution in [0.5, 0.6) is 0 Å². The lowest BCUT2D eigenvalue weighted by molar-refractivity contribution is -0.914. The summed E-state index contributed by atoms with van der Waals surface area (Å²) in [5.41, 5.74) is 1.92. The Morgan fingerprint density at radius 1 is 1.08 bits per heavy atom. The SMILES string of the molecule is C[C@H](C(=O)Nc1ccc(Cl)cc1)[NH+]1CCN(c2cccc(Cl)c2)CC1. The average Bonchev–Trinajstić information content (AvgIpc) is 2.63. The van der Waals surface area contributed by atoms with E-state index >= 15 is 0 Å². The molecule has 0 aliphatic carbocycles. The number of benzene rings is 2. The maximum absolute atomic E-state index is 12.5. The van der Waals surface area contributed by atoms with Crippen molar-refractivity contribution in [3.63, 3.8) is 0 Å².